The second kappa shape index (κ2) is 5.35. The van der Waals surface area contributed by atoms with Gasteiger partial charge in [-0.2, -0.15) is 0 Å². The number of carboxylic acids is 1. The molecule has 0 aliphatic heterocycles. The van der Waals surface area contributed by atoms with Crippen LogP contribution in [0.15, 0.2) is 0 Å². The molecule has 0 saturated heterocycles. The molecular formula is C9H18N2O5S. The third-order valence-electron chi connectivity index (χ3n) is 2.10. The van der Waals surface area contributed by atoms with Gasteiger partial charge in [0.1, 0.15) is 15.4 Å². The Morgan fingerprint density at radius 1 is 1.35 bits per heavy atom. The summed E-state index contributed by atoms with van der Waals surface area (Å²) in [5, 5.41) is 11.1. The summed E-state index contributed by atoms with van der Waals surface area (Å²) in [5.74, 6) is -1.33. The molecule has 0 bridgehead atoms. The van der Waals surface area contributed by atoms with E-state index in [-0.39, 0.29) is 12.3 Å². The lowest BCUT2D eigenvalue weighted by Crippen LogP contribution is -2.53. The average molecular weight is 266 g/mol. The van der Waals surface area contributed by atoms with E-state index >= 15 is 0 Å². The lowest BCUT2D eigenvalue weighted by molar-refractivity contribution is -0.143. The van der Waals surface area contributed by atoms with Crippen molar-refractivity contribution < 1.29 is 23.1 Å². The molecule has 8 heteroatoms. The van der Waals surface area contributed by atoms with Gasteiger partial charge in [0.25, 0.3) is 0 Å². The predicted molar refractivity (Wildman–Crippen MR) is 62.6 cm³/mol. The van der Waals surface area contributed by atoms with Crippen molar-refractivity contribution in [2.45, 2.75) is 19.4 Å². The van der Waals surface area contributed by atoms with Crippen LogP contribution in [0.2, 0.25) is 0 Å². The largest absolute Gasteiger partial charge is 0.480 e. The predicted octanol–water partition coefficient (Wildman–Crippen LogP) is -0.464. The van der Waals surface area contributed by atoms with Crippen molar-refractivity contribution in [1.82, 2.24) is 10.2 Å². The first-order valence-electron chi connectivity index (χ1n) is 4.90. The first-order chi connectivity index (χ1) is 7.46. The number of amides is 2. The molecule has 0 aliphatic rings. The number of hydrogen-bond acceptors (Lipinski definition) is 4. The SMILES string of the molecule is CN(CCS(C)(=O)=O)C(=O)NC(C)(C)C(=O)O. The fourth-order valence-corrected chi connectivity index (χ4v) is 1.43. The molecule has 17 heavy (non-hydrogen) atoms. The maximum Gasteiger partial charge on any atom is 0.328 e. The number of carboxylic acid groups (broad SMARTS) is 1. The molecule has 0 heterocycles. The fraction of sp³-hybridized carbons (Fsp3) is 0.778. The summed E-state index contributed by atoms with van der Waals surface area (Å²) in [7, 11) is -1.75. The number of nitrogens with one attached hydrogen (secondary N) is 1. The molecule has 7 nitrogen and oxygen atoms in total. The lowest BCUT2D eigenvalue weighted by atomic mass is 10.1. The number of carbonyl (C=O) groups is 2. The van der Waals surface area contributed by atoms with Crippen molar-refractivity contribution in [2.75, 3.05) is 25.6 Å². The van der Waals surface area contributed by atoms with Gasteiger partial charge in [-0.3, -0.25) is 0 Å². The maximum atomic E-state index is 11.5. The van der Waals surface area contributed by atoms with Crippen LogP contribution in [0.3, 0.4) is 0 Å². The molecule has 0 atom stereocenters. The Hall–Kier alpha value is -1.31. The summed E-state index contributed by atoms with van der Waals surface area (Å²) in [4.78, 5) is 23.4. The zero-order valence-electron chi connectivity index (χ0n) is 10.3. The third kappa shape index (κ3) is 6.10. The highest BCUT2D eigenvalue weighted by atomic mass is 32.2. The van der Waals surface area contributed by atoms with Gasteiger partial charge < -0.3 is 15.3 Å². The summed E-state index contributed by atoms with van der Waals surface area (Å²) >= 11 is 0. The van der Waals surface area contributed by atoms with Gasteiger partial charge in [-0.1, -0.05) is 0 Å². The van der Waals surface area contributed by atoms with E-state index in [9.17, 15) is 18.0 Å². The summed E-state index contributed by atoms with van der Waals surface area (Å²) in [6.45, 7) is 2.70. The zero-order valence-corrected chi connectivity index (χ0v) is 11.2. The minimum Gasteiger partial charge on any atom is -0.480 e. The highest BCUT2D eigenvalue weighted by Gasteiger charge is 2.30. The Labute approximate surface area is 101 Å². The van der Waals surface area contributed by atoms with E-state index in [0.29, 0.717) is 0 Å². The molecule has 0 radical (unpaired) electrons. The van der Waals surface area contributed by atoms with Crippen molar-refractivity contribution in [3.63, 3.8) is 0 Å². The summed E-state index contributed by atoms with van der Waals surface area (Å²) < 4.78 is 21.8. The zero-order chi connectivity index (χ0) is 13.9. The molecule has 0 spiro atoms. The Morgan fingerprint density at radius 3 is 2.18 bits per heavy atom. The molecule has 2 amide bonds. The van der Waals surface area contributed by atoms with Crippen LogP contribution < -0.4 is 5.32 Å². The van der Waals surface area contributed by atoms with Crippen molar-refractivity contribution in [1.29, 1.82) is 0 Å². The van der Waals surface area contributed by atoms with E-state index in [1.165, 1.54) is 20.9 Å². The number of rotatable bonds is 5. The number of urea groups is 1. The highest BCUT2D eigenvalue weighted by Crippen LogP contribution is 2.02. The van der Waals surface area contributed by atoms with Crippen molar-refractivity contribution in [3.8, 4) is 0 Å². The van der Waals surface area contributed by atoms with Gasteiger partial charge in [0.15, 0.2) is 0 Å². The van der Waals surface area contributed by atoms with E-state index in [4.69, 9.17) is 5.11 Å². The quantitative estimate of drug-likeness (QED) is 0.700. The van der Waals surface area contributed by atoms with E-state index < -0.39 is 27.4 Å². The van der Waals surface area contributed by atoms with Crippen LogP contribution in [0.1, 0.15) is 13.8 Å². The van der Waals surface area contributed by atoms with Crippen LogP contribution in [0.5, 0.6) is 0 Å². The van der Waals surface area contributed by atoms with Crippen molar-refractivity contribution >= 4 is 21.8 Å². The first-order valence-corrected chi connectivity index (χ1v) is 6.96. The van der Waals surface area contributed by atoms with Gasteiger partial charge in [-0.15, -0.1) is 0 Å². The van der Waals surface area contributed by atoms with Crippen LogP contribution in [0, 0.1) is 0 Å². The Balaban J connectivity index is 4.39. The summed E-state index contributed by atoms with van der Waals surface area (Å²) in [5.41, 5.74) is -1.39. The maximum absolute atomic E-state index is 11.5. The van der Waals surface area contributed by atoms with Crippen LogP contribution in [-0.2, 0) is 14.6 Å². The Kier molecular flexibility index (Phi) is 4.94. The van der Waals surface area contributed by atoms with Gasteiger partial charge in [-0.25, -0.2) is 18.0 Å². The van der Waals surface area contributed by atoms with Gasteiger partial charge in [0.05, 0.1) is 5.75 Å². The number of nitrogens with zero attached hydrogens (tertiary/aromatic N) is 1. The molecule has 2 N–H and O–H groups in total. The Morgan fingerprint density at radius 2 is 1.82 bits per heavy atom. The third-order valence-corrected chi connectivity index (χ3v) is 3.02. The van der Waals surface area contributed by atoms with Crippen LogP contribution in [0.4, 0.5) is 4.79 Å². The van der Waals surface area contributed by atoms with E-state index in [1.807, 2.05) is 0 Å². The standard InChI is InChI=1S/C9H18N2O5S/c1-9(2,7(12)13)10-8(14)11(3)5-6-17(4,15)16/h5-6H2,1-4H3,(H,10,14)(H,12,13). The number of hydrogen-bond donors (Lipinski definition) is 2. The molecule has 0 aliphatic carbocycles. The minimum absolute atomic E-state index is 0.0143. The first kappa shape index (κ1) is 15.7. The summed E-state index contributed by atoms with van der Waals surface area (Å²) in [6.07, 6.45) is 1.07. The topological polar surface area (TPSA) is 104 Å². The van der Waals surface area contributed by atoms with Gasteiger partial charge in [0, 0.05) is 19.8 Å². The number of sulfone groups is 1. The minimum atomic E-state index is -3.15. The number of carbonyl (C=O) groups excluding carboxylic acids is 1. The second-order valence-corrected chi connectivity index (χ2v) is 6.67. The van der Waals surface area contributed by atoms with Gasteiger partial charge in [0.2, 0.25) is 0 Å². The van der Waals surface area contributed by atoms with Gasteiger partial charge >= 0.3 is 12.0 Å². The van der Waals surface area contributed by atoms with Crippen LogP contribution in [-0.4, -0.2) is 61.6 Å². The molecule has 0 aromatic carbocycles. The molecule has 100 valence electrons. The van der Waals surface area contributed by atoms with Crippen molar-refractivity contribution in [3.05, 3.63) is 0 Å². The van der Waals surface area contributed by atoms with E-state index in [0.717, 1.165) is 11.2 Å². The second-order valence-electron chi connectivity index (χ2n) is 4.41. The van der Waals surface area contributed by atoms with E-state index in [2.05, 4.69) is 5.32 Å². The average Bonchev–Trinajstić information content (AvgIpc) is 2.11. The van der Waals surface area contributed by atoms with Crippen molar-refractivity contribution in [2.24, 2.45) is 0 Å². The van der Waals surface area contributed by atoms with E-state index in [1.54, 1.807) is 0 Å². The smallest absolute Gasteiger partial charge is 0.328 e. The molecule has 0 aromatic rings. The molecule has 0 rings (SSSR count). The molecule has 0 saturated carbocycles. The molecular weight excluding hydrogens is 248 g/mol. The van der Waals surface area contributed by atoms with Crippen LogP contribution >= 0.6 is 0 Å². The molecule has 0 aromatic heterocycles. The van der Waals surface area contributed by atoms with Crippen LogP contribution in [0.25, 0.3) is 0 Å². The van der Waals surface area contributed by atoms with Gasteiger partial charge in [-0.05, 0) is 13.8 Å². The fourth-order valence-electron chi connectivity index (χ4n) is 0.821. The molecule has 0 unspecified atom stereocenters. The monoisotopic (exact) mass is 266 g/mol. The lowest BCUT2D eigenvalue weighted by Gasteiger charge is -2.25. The highest BCUT2D eigenvalue weighted by molar-refractivity contribution is 7.90. The normalized spacial score (nSPS) is 12.0. The molecule has 0 fully saturated rings. The summed E-state index contributed by atoms with van der Waals surface area (Å²) in [6, 6.07) is -0.624. The Bertz CT molecular complexity index is 402. The number of aliphatic carboxylic acids is 1.